The summed E-state index contributed by atoms with van der Waals surface area (Å²) >= 11 is 31.3. The van der Waals surface area contributed by atoms with Gasteiger partial charge in [-0.1, -0.05) is 166 Å². The predicted octanol–water partition coefficient (Wildman–Crippen LogP) is 9.23. The van der Waals surface area contributed by atoms with Crippen LogP contribution in [-0.4, -0.2) is 38.6 Å². The van der Waals surface area contributed by atoms with Gasteiger partial charge in [-0.15, -0.1) is 0 Å². The van der Waals surface area contributed by atoms with Gasteiger partial charge in [0.1, 0.15) is 0 Å². The van der Waals surface area contributed by atoms with E-state index in [1.807, 2.05) is 0 Å². The van der Waals surface area contributed by atoms with Crippen molar-refractivity contribution in [1.82, 2.24) is 0 Å². The molecule has 0 aromatic carbocycles. The highest BCUT2D eigenvalue weighted by Gasteiger charge is 2.38. The van der Waals surface area contributed by atoms with Gasteiger partial charge in [-0.25, -0.2) is 0 Å². The largest absolute Gasteiger partial charge is 0.0878 e. The highest BCUT2D eigenvalue weighted by Crippen LogP contribution is 2.40. The van der Waals surface area contributed by atoms with Gasteiger partial charge in [-0.2, -0.15) is 0 Å². The second kappa shape index (κ2) is 14.0. The first-order chi connectivity index (χ1) is 11.3. The Bertz CT molecular complexity index is 310. The second-order valence-corrected chi connectivity index (χ2v) is 15.1. The van der Waals surface area contributed by atoms with Crippen molar-refractivity contribution in [3.8, 4) is 0 Å². The van der Waals surface area contributed by atoms with Crippen molar-refractivity contribution in [2.75, 3.05) is 0 Å². The molecule has 144 valence electrons. The van der Waals surface area contributed by atoms with E-state index in [1.165, 1.54) is 51.4 Å². The summed E-state index contributed by atoms with van der Waals surface area (Å²) in [6.45, 7) is 0. The zero-order valence-electron chi connectivity index (χ0n) is 13.3. The van der Waals surface area contributed by atoms with Gasteiger partial charge < -0.3 is 0 Å². The minimum atomic E-state index is 0.305. The molecule has 0 radical (unpaired) electrons. The van der Waals surface area contributed by atoms with Crippen LogP contribution in [-0.2, 0) is 0 Å². The average Bonchev–Trinajstić information content (AvgIpc) is 2.58. The number of hydrogen-bond donors (Lipinski definition) is 0. The Morgan fingerprint density at radius 2 is 0.583 bits per heavy atom. The zero-order chi connectivity index (χ0) is 18.3. The Kier molecular flexibility index (Phi) is 15.0. The molecule has 0 aliphatic heterocycles. The molecule has 0 spiro atoms. The Morgan fingerprint density at radius 1 is 0.333 bits per heavy atom. The topological polar surface area (TPSA) is 0 Å². The fourth-order valence-electron chi connectivity index (χ4n) is 2.81. The monoisotopic (exact) mass is 848 g/mol. The maximum absolute atomic E-state index is 3.92. The molecule has 0 heterocycles. The zero-order valence-corrected chi connectivity index (χ0v) is 26.0. The third-order valence-corrected chi connectivity index (χ3v) is 18.4. The van der Waals surface area contributed by atoms with Gasteiger partial charge >= 0.3 is 0 Å². The molecule has 8 atom stereocenters. The van der Waals surface area contributed by atoms with Crippen LogP contribution in [0.15, 0.2) is 0 Å². The molecule has 8 heteroatoms. The quantitative estimate of drug-likeness (QED) is 0.214. The lowest BCUT2D eigenvalue weighted by Gasteiger charge is -2.33. The van der Waals surface area contributed by atoms with Gasteiger partial charge in [-0.3, -0.25) is 0 Å². The number of hydrogen-bond acceptors (Lipinski definition) is 0. The average molecular weight is 856 g/mol. The van der Waals surface area contributed by atoms with E-state index in [0.717, 1.165) is 0 Å². The van der Waals surface area contributed by atoms with E-state index in [-0.39, 0.29) is 0 Å². The van der Waals surface area contributed by atoms with E-state index in [0.29, 0.717) is 38.6 Å². The second-order valence-electron chi connectivity index (χ2n) is 6.40. The molecule has 0 aromatic heterocycles. The van der Waals surface area contributed by atoms with Gasteiger partial charge in [0.2, 0.25) is 0 Å². The van der Waals surface area contributed by atoms with Crippen molar-refractivity contribution in [3.05, 3.63) is 0 Å². The SMILES string of the molecule is BrC1CCCCCCCCC(Br)C(Br)C(Br)C(Br)C(Br)C(Br)C1Br. The van der Waals surface area contributed by atoms with Crippen LogP contribution < -0.4 is 0 Å². The molecule has 0 nitrogen and oxygen atoms in total. The molecule has 0 amide bonds. The third-order valence-electron chi connectivity index (χ3n) is 4.42. The van der Waals surface area contributed by atoms with Gasteiger partial charge in [0.05, 0.1) is 0 Å². The van der Waals surface area contributed by atoms with Gasteiger partial charge in [-0.05, 0) is 12.8 Å². The maximum atomic E-state index is 3.92. The van der Waals surface area contributed by atoms with E-state index in [9.17, 15) is 0 Å². The van der Waals surface area contributed by atoms with Crippen LogP contribution in [0.2, 0.25) is 0 Å². The normalized spacial score (nSPS) is 45.0. The molecule has 1 aliphatic carbocycles. The van der Waals surface area contributed by atoms with Crippen molar-refractivity contribution in [2.24, 2.45) is 0 Å². The summed E-state index contributed by atoms with van der Waals surface area (Å²) in [5, 5.41) is 0. The minimum absolute atomic E-state index is 0.305. The Morgan fingerprint density at radius 3 is 0.917 bits per heavy atom. The summed E-state index contributed by atoms with van der Waals surface area (Å²) in [7, 11) is 0. The van der Waals surface area contributed by atoms with Crippen LogP contribution in [0, 0.1) is 0 Å². The predicted molar refractivity (Wildman–Crippen MR) is 139 cm³/mol. The van der Waals surface area contributed by atoms with Crippen LogP contribution in [0.3, 0.4) is 0 Å². The van der Waals surface area contributed by atoms with Gasteiger partial charge in [0.25, 0.3) is 0 Å². The van der Waals surface area contributed by atoms with Crippen molar-refractivity contribution in [3.63, 3.8) is 0 Å². The van der Waals surface area contributed by atoms with Crippen LogP contribution in [0.1, 0.15) is 51.4 Å². The highest BCUT2D eigenvalue weighted by molar-refractivity contribution is 9.16. The first kappa shape index (κ1) is 25.9. The van der Waals surface area contributed by atoms with Crippen LogP contribution in [0.25, 0.3) is 0 Å². The molecule has 0 bridgehead atoms. The first-order valence-corrected chi connectivity index (χ1v) is 15.7. The molecule has 0 aromatic rings. The van der Waals surface area contributed by atoms with Crippen LogP contribution in [0.4, 0.5) is 0 Å². The van der Waals surface area contributed by atoms with E-state index >= 15 is 0 Å². The summed E-state index contributed by atoms with van der Waals surface area (Å²) in [5.41, 5.74) is 0. The molecule has 0 saturated heterocycles. The molecule has 24 heavy (non-hydrogen) atoms. The van der Waals surface area contributed by atoms with Crippen LogP contribution >= 0.6 is 127 Å². The molecule has 0 N–H and O–H groups in total. The van der Waals surface area contributed by atoms with E-state index in [4.69, 9.17) is 0 Å². The summed E-state index contributed by atoms with van der Waals surface area (Å²) < 4.78 is 0. The van der Waals surface area contributed by atoms with E-state index in [2.05, 4.69) is 127 Å². The van der Waals surface area contributed by atoms with Gasteiger partial charge in [0, 0.05) is 38.6 Å². The minimum Gasteiger partial charge on any atom is -0.0878 e. The standard InChI is InChI=1S/C16H24Br8/c17-9-7-5-3-1-2-4-6-8-10(18)12(20)14(22)16(24)15(23)13(21)11(9)19/h9-16H,1-8H2. The fourth-order valence-corrected chi connectivity index (χ4v) is 10.5. The van der Waals surface area contributed by atoms with Crippen LogP contribution in [0.5, 0.6) is 0 Å². The van der Waals surface area contributed by atoms with Gasteiger partial charge in [0.15, 0.2) is 0 Å². The number of halogens is 8. The molecule has 8 unspecified atom stereocenters. The summed E-state index contributed by atoms with van der Waals surface area (Å²) in [6.07, 6.45) is 10.4. The van der Waals surface area contributed by atoms with Crippen molar-refractivity contribution < 1.29 is 0 Å². The Labute approximate surface area is 214 Å². The molecule has 1 rings (SSSR count). The lowest BCUT2D eigenvalue weighted by molar-refractivity contribution is 0.544. The molecule has 1 fully saturated rings. The molecular weight excluding hydrogens is 831 g/mol. The number of alkyl halides is 8. The Balaban J connectivity index is 2.80. The summed E-state index contributed by atoms with van der Waals surface area (Å²) in [6, 6.07) is 0. The number of rotatable bonds is 0. The Hall–Kier alpha value is 3.84. The molecule has 1 aliphatic rings. The molecule has 1 saturated carbocycles. The van der Waals surface area contributed by atoms with E-state index in [1.54, 1.807) is 0 Å². The molecular formula is C16H24Br8. The van der Waals surface area contributed by atoms with Crippen molar-refractivity contribution >= 4 is 127 Å². The van der Waals surface area contributed by atoms with Crippen molar-refractivity contribution in [2.45, 2.75) is 90.0 Å². The van der Waals surface area contributed by atoms with Crippen molar-refractivity contribution in [1.29, 1.82) is 0 Å². The van der Waals surface area contributed by atoms with E-state index < -0.39 is 0 Å². The smallest absolute Gasteiger partial charge is 0.0418 e. The summed E-state index contributed by atoms with van der Waals surface area (Å²) in [4.78, 5) is 2.98. The third kappa shape index (κ3) is 8.69. The lowest BCUT2D eigenvalue weighted by Crippen LogP contribution is -2.42. The maximum Gasteiger partial charge on any atom is 0.0418 e. The highest BCUT2D eigenvalue weighted by atomic mass is 79.9. The lowest BCUT2D eigenvalue weighted by atomic mass is 10.0. The fraction of sp³-hybridized carbons (Fsp3) is 1.00. The first-order valence-electron chi connectivity index (χ1n) is 8.40. The summed E-state index contributed by atoms with van der Waals surface area (Å²) in [5.74, 6) is 0.